The summed E-state index contributed by atoms with van der Waals surface area (Å²) in [7, 11) is 1.30. The van der Waals surface area contributed by atoms with Crippen LogP contribution in [-0.4, -0.2) is 98.3 Å². The number of aliphatic carboxylic acids is 1. The fourth-order valence-electron chi connectivity index (χ4n) is 7.87. The molecule has 0 aliphatic carbocycles. The summed E-state index contributed by atoms with van der Waals surface area (Å²) < 4.78 is 64.6. The number of halogens is 6. The minimum Gasteiger partial charge on any atom is -0.475 e. The van der Waals surface area contributed by atoms with Crippen molar-refractivity contribution in [3.8, 4) is 16.9 Å². The summed E-state index contributed by atoms with van der Waals surface area (Å²) in [5.74, 6) is -3.78. The summed E-state index contributed by atoms with van der Waals surface area (Å²) >= 11 is 13.4. The van der Waals surface area contributed by atoms with E-state index in [1.54, 1.807) is 12.1 Å². The Hall–Kier alpha value is -4.31. The normalized spacial score (nSPS) is 22.9. The Labute approximate surface area is 311 Å². The molecule has 0 aromatic heterocycles. The fourth-order valence-corrected chi connectivity index (χ4v) is 8.50. The highest BCUT2D eigenvalue weighted by atomic mass is 35.5. The summed E-state index contributed by atoms with van der Waals surface area (Å²) in [6, 6.07) is 13.0. The first-order valence-electron chi connectivity index (χ1n) is 16.9. The molecule has 4 unspecified atom stereocenters. The van der Waals surface area contributed by atoms with Crippen molar-refractivity contribution in [2.24, 2.45) is 0 Å². The SMILES string of the molecule is COC(=O)c1cc(F)c(-c2cccc3c2OCN(C(=O)c2c(Cl)cc(N4C5CNCC4C5)cc2Cl)C3)cc1N1C2CCC1COC2.O=C(O)C(F)(F)F. The minimum atomic E-state index is -5.08. The van der Waals surface area contributed by atoms with Crippen molar-refractivity contribution >= 4 is 52.4 Å². The second kappa shape index (κ2) is 14.5. The van der Waals surface area contributed by atoms with Crippen LogP contribution in [-0.2, 0) is 20.8 Å². The van der Waals surface area contributed by atoms with Gasteiger partial charge in [-0.05, 0) is 43.5 Å². The van der Waals surface area contributed by atoms with Crippen LogP contribution in [0.15, 0.2) is 42.5 Å². The number of piperidine rings is 1. The molecule has 3 aromatic rings. The highest BCUT2D eigenvalue weighted by Gasteiger charge is 2.43. The van der Waals surface area contributed by atoms with Crippen LogP contribution in [0, 0.1) is 5.82 Å². The first kappa shape index (κ1) is 37.0. The average molecular weight is 782 g/mol. The van der Waals surface area contributed by atoms with Gasteiger partial charge in [-0.2, -0.15) is 13.2 Å². The third kappa shape index (κ3) is 6.95. The number of nitrogens with zero attached hydrogens (tertiary/aromatic N) is 3. The van der Waals surface area contributed by atoms with E-state index in [0.29, 0.717) is 63.5 Å². The smallest absolute Gasteiger partial charge is 0.475 e. The lowest BCUT2D eigenvalue weighted by molar-refractivity contribution is -0.192. The van der Waals surface area contributed by atoms with Gasteiger partial charge in [0.25, 0.3) is 5.91 Å². The highest BCUT2D eigenvalue weighted by Crippen LogP contribution is 2.44. The van der Waals surface area contributed by atoms with Gasteiger partial charge in [0.2, 0.25) is 0 Å². The molecular formula is C36H34Cl2F4N4O7. The van der Waals surface area contributed by atoms with E-state index >= 15 is 4.39 Å². The zero-order chi connectivity index (χ0) is 37.8. The third-order valence-electron chi connectivity index (χ3n) is 10.3. The molecule has 0 radical (unpaired) electrons. The second-order valence-corrected chi connectivity index (χ2v) is 14.3. The molecule has 4 atom stereocenters. The fraction of sp³-hybridized carbons (Fsp3) is 0.417. The molecule has 0 saturated carbocycles. The van der Waals surface area contributed by atoms with E-state index in [2.05, 4.69) is 15.1 Å². The number of hydrogen-bond acceptors (Lipinski definition) is 9. The Bertz CT molecular complexity index is 1910. The number of alkyl halides is 3. The van der Waals surface area contributed by atoms with Crippen LogP contribution >= 0.6 is 23.2 Å². The number of hydrogen-bond donors (Lipinski definition) is 2. The van der Waals surface area contributed by atoms with Crippen molar-refractivity contribution in [3.63, 3.8) is 0 Å². The zero-order valence-electron chi connectivity index (χ0n) is 28.2. The number of carboxylic acids is 1. The maximum Gasteiger partial charge on any atom is 0.490 e. The van der Waals surface area contributed by atoms with Crippen LogP contribution in [0.3, 0.4) is 0 Å². The van der Waals surface area contributed by atoms with Crippen molar-refractivity contribution in [2.75, 3.05) is 49.9 Å². The number of nitrogens with one attached hydrogen (secondary N) is 1. The Morgan fingerprint density at radius 2 is 1.58 bits per heavy atom. The lowest BCUT2D eigenvalue weighted by atomic mass is 9.88. The predicted molar refractivity (Wildman–Crippen MR) is 186 cm³/mol. The van der Waals surface area contributed by atoms with Gasteiger partial charge in [-0.3, -0.25) is 4.79 Å². The number of methoxy groups -OCH3 is 1. The van der Waals surface area contributed by atoms with Crippen molar-refractivity contribution in [1.82, 2.24) is 10.2 Å². The molecule has 2 N–H and O–H groups in total. The van der Waals surface area contributed by atoms with Gasteiger partial charge in [-0.1, -0.05) is 41.4 Å². The molecular weight excluding hydrogens is 747 g/mol. The van der Waals surface area contributed by atoms with Gasteiger partial charge in [0, 0.05) is 47.6 Å². The standard InChI is InChI=1S/C34H33Cl2FN4O5.C2HF3O2/c1-44-34(43)26-10-29(37)25(11-30(26)41-19-5-6-20(41)16-45-15-19)24-4-2-3-18-14-39(17-46-32(18)24)33(42)31-27(35)8-21(9-28(31)36)40-22-7-23(40)13-38-12-22;3-2(4,5)1(6)7/h2-4,8-11,19-20,22-23,38H,5-7,12-17H2,1H3;(H,6,7). The first-order valence-corrected chi connectivity index (χ1v) is 17.6. The van der Waals surface area contributed by atoms with Crippen molar-refractivity contribution in [1.29, 1.82) is 0 Å². The van der Waals surface area contributed by atoms with Crippen LogP contribution in [0.4, 0.5) is 28.9 Å². The van der Waals surface area contributed by atoms with E-state index in [9.17, 15) is 22.8 Å². The van der Waals surface area contributed by atoms with E-state index in [-0.39, 0.29) is 42.4 Å². The molecule has 4 saturated heterocycles. The van der Waals surface area contributed by atoms with Crippen LogP contribution in [0.25, 0.3) is 11.1 Å². The topological polar surface area (TPSA) is 121 Å². The van der Waals surface area contributed by atoms with Crippen LogP contribution in [0.2, 0.25) is 10.0 Å². The van der Waals surface area contributed by atoms with Gasteiger partial charge in [-0.15, -0.1) is 0 Å². The van der Waals surface area contributed by atoms with Crippen molar-refractivity contribution in [2.45, 2.75) is 56.2 Å². The number of carbonyl (C=O) groups is 3. The van der Waals surface area contributed by atoms with Gasteiger partial charge in [0.1, 0.15) is 11.6 Å². The molecule has 11 nitrogen and oxygen atoms in total. The number of benzene rings is 3. The quantitative estimate of drug-likeness (QED) is 0.231. The molecule has 1 amide bonds. The van der Waals surface area contributed by atoms with E-state index in [4.69, 9.17) is 47.3 Å². The Morgan fingerprint density at radius 3 is 2.17 bits per heavy atom. The number of carbonyl (C=O) groups excluding carboxylic acids is 2. The Balaban J connectivity index is 0.000000568. The number of carboxylic acid groups (broad SMARTS) is 1. The maximum atomic E-state index is 15.9. The highest BCUT2D eigenvalue weighted by molar-refractivity contribution is 6.40. The molecule has 282 valence electrons. The number of fused-ring (bicyclic) bond motifs is 5. The lowest BCUT2D eigenvalue weighted by Crippen LogP contribution is -2.68. The van der Waals surface area contributed by atoms with Gasteiger partial charge in [0.05, 0.1) is 65.8 Å². The Kier molecular flexibility index (Phi) is 10.1. The molecule has 3 aromatic carbocycles. The van der Waals surface area contributed by atoms with E-state index in [1.165, 1.54) is 18.1 Å². The second-order valence-electron chi connectivity index (χ2n) is 13.4. The Morgan fingerprint density at radius 1 is 0.943 bits per heavy atom. The number of morpholine rings is 1. The van der Waals surface area contributed by atoms with Crippen molar-refractivity contribution < 1.29 is 51.3 Å². The molecule has 5 aliphatic rings. The minimum absolute atomic E-state index is 0.0679. The van der Waals surface area contributed by atoms with E-state index in [1.807, 2.05) is 24.3 Å². The molecule has 5 heterocycles. The monoisotopic (exact) mass is 780 g/mol. The van der Waals surface area contributed by atoms with Gasteiger partial charge >= 0.3 is 18.1 Å². The number of anilines is 2. The molecule has 17 heteroatoms. The first-order chi connectivity index (χ1) is 25.3. The van der Waals surface area contributed by atoms with Crippen LogP contribution in [0.1, 0.15) is 45.5 Å². The molecule has 8 rings (SSSR count). The third-order valence-corrected chi connectivity index (χ3v) is 10.9. The van der Waals surface area contributed by atoms with Crippen LogP contribution < -0.4 is 19.9 Å². The average Bonchev–Trinajstić information content (AvgIpc) is 3.37. The van der Waals surface area contributed by atoms with E-state index < -0.39 is 23.9 Å². The van der Waals surface area contributed by atoms with E-state index in [0.717, 1.165) is 38.0 Å². The number of rotatable bonds is 5. The molecule has 4 fully saturated rings. The van der Waals surface area contributed by atoms with Gasteiger partial charge in [0.15, 0.2) is 6.73 Å². The molecule has 0 spiro atoms. The number of para-hydroxylation sites is 1. The van der Waals surface area contributed by atoms with Crippen LogP contribution in [0.5, 0.6) is 5.75 Å². The number of piperazine rings is 1. The largest absolute Gasteiger partial charge is 0.490 e. The van der Waals surface area contributed by atoms with Gasteiger partial charge < -0.3 is 39.3 Å². The summed E-state index contributed by atoms with van der Waals surface area (Å²) in [5.41, 5.74) is 3.51. The lowest BCUT2D eigenvalue weighted by Gasteiger charge is -2.54. The summed E-state index contributed by atoms with van der Waals surface area (Å²) in [6.45, 7) is 3.07. The number of esters is 1. The summed E-state index contributed by atoms with van der Waals surface area (Å²) in [4.78, 5) is 41.5. The molecule has 4 bridgehead atoms. The van der Waals surface area contributed by atoms with Crippen molar-refractivity contribution in [3.05, 3.63) is 75.0 Å². The predicted octanol–water partition coefficient (Wildman–Crippen LogP) is 6.13. The summed E-state index contributed by atoms with van der Waals surface area (Å²) in [5, 5.41) is 11.1. The number of ether oxygens (including phenoxy) is 3. The molecule has 53 heavy (non-hydrogen) atoms. The zero-order valence-corrected chi connectivity index (χ0v) is 29.7. The molecule has 5 aliphatic heterocycles. The summed E-state index contributed by atoms with van der Waals surface area (Å²) in [6.07, 6.45) is -2.09. The number of amides is 1. The van der Waals surface area contributed by atoms with Gasteiger partial charge in [-0.25, -0.2) is 14.0 Å². The maximum absolute atomic E-state index is 15.9.